The van der Waals surface area contributed by atoms with E-state index in [0.717, 1.165) is 49.3 Å². The minimum Gasteiger partial charge on any atom is -0.381 e. The number of aryl methyl sites for hydroxylation is 1. The van der Waals surface area contributed by atoms with Gasteiger partial charge in [-0.2, -0.15) is 5.10 Å². The standard InChI is InChI=1S/C22H28N4O3/c1-22(2)12-17-19(25-26(3)20(17)18(27)13-22)14-4-6-15(7-5-14)21(28)24-23-16-8-10-29-11-9-16/h4-7,16,23H,8-13H2,1-3H3,(H,24,28). The lowest BCUT2D eigenvalue weighted by atomic mass is 9.75. The molecule has 2 N–H and O–H groups in total. The van der Waals surface area contributed by atoms with Crippen molar-refractivity contribution in [3.63, 3.8) is 0 Å². The molecule has 1 aliphatic carbocycles. The van der Waals surface area contributed by atoms with Gasteiger partial charge in [0.1, 0.15) is 5.69 Å². The summed E-state index contributed by atoms with van der Waals surface area (Å²) in [6, 6.07) is 7.64. The molecule has 1 amide bonds. The summed E-state index contributed by atoms with van der Waals surface area (Å²) in [6.45, 7) is 5.67. The third-order valence-corrected chi connectivity index (χ3v) is 5.74. The summed E-state index contributed by atoms with van der Waals surface area (Å²) < 4.78 is 7.02. The van der Waals surface area contributed by atoms with Gasteiger partial charge in [0.2, 0.25) is 0 Å². The molecule has 4 rings (SSSR count). The van der Waals surface area contributed by atoms with E-state index in [2.05, 4.69) is 29.8 Å². The fourth-order valence-electron chi connectivity index (χ4n) is 4.24. The number of benzene rings is 1. The van der Waals surface area contributed by atoms with Crippen LogP contribution in [0.5, 0.6) is 0 Å². The Morgan fingerprint density at radius 2 is 1.86 bits per heavy atom. The third kappa shape index (κ3) is 4.11. The minimum atomic E-state index is -0.164. The molecule has 2 aromatic rings. The van der Waals surface area contributed by atoms with Gasteiger partial charge in [0, 0.05) is 49.4 Å². The van der Waals surface area contributed by atoms with Crippen molar-refractivity contribution in [3.8, 4) is 11.3 Å². The summed E-state index contributed by atoms with van der Waals surface area (Å²) in [5, 5.41) is 4.62. The van der Waals surface area contributed by atoms with Crippen LogP contribution in [0.3, 0.4) is 0 Å². The highest BCUT2D eigenvalue weighted by Crippen LogP contribution is 2.39. The van der Waals surface area contributed by atoms with Crippen LogP contribution in [0.4, 0.5) is 0 Å². The van der Waals surface area contributed by atoms with Crippen LogP contribution < -0.4 is 10.9 Å². The third-order valence-electron chi connectivity index (χ3n) is 5.74. The van der Waals surface area contributed by atoms with Crippen molar-refractivity contribution in [2.75, 3.05) is 13.2 Å². The molecular weight excluding hydrogens is 368 g/mol. The number of nitrogens with zero attached hydrogens (tertiary/aromatic N) is 2. The molecule has 1 fully saturated rings. The zero-order chi connectivity index (χ0) is 20.6. The normalized spacial score (nSPS) is 19.1. The molecule has 154 valence electrons. The molecule has 29 heavy (non-hydrogen) atoms. The Kier molecular flexibility index (Phi) is 5.27. The van der Waals surface area contributed by atoms with E-state index < -0.39 is 0 Å². The van der Waals surface area contributed by atoms with Crippen molar-refractivity contribution >= 4 is 11.7 Å². The predicted octanol–water partition coefficient (Wildman–Crippen LogP) is 2.66. The molecule has 0 atom stereocenters. The maximum atomic E-state index is 12.6. The van der Waals surface area contributed by atoms with E-state index in [1.165, 1.54) is 0 Å². The zero-order valence-electron chi connectivity index (χ0n) is 17.2. The molecule has 0 bridgehead atoms. The van der Waals surface area contributed by atoms with Crippen molar-refractivity contribution in [3.05, 3.63) is 41.1 Å². The lowest BCUT2D eigenvalue weighted by molar-refractivity contribution is 0.0695. The van der Waals surface area contributed by atoms with Gasteiger partial charge in [-0.25, -0.2) is 5.43 Å². The summed E-state index contributed by atoms with van der Waals surface area (Å²) in [7, 11) is 1.82. The van der Waals surface area contributed by atoms with Crippen LogP contribution in [-0.4, -0.2) is 40.7 Å². The van der Waals surface area contributed by atoms with E-state index in [1.54, 1.807) is 16.8 Å². The Hall–Kier alpha value is -2.51. The second kappa shape index (κ2) is 7.72. The number of rotatable bonds is 4. The second-order valence-corrected chi connectivity index (χ2v) is 8.80. The first kappa shape index (κ1) is 19.8. The molecule has 1 aliphatic heterocycles. The number of amides is 1. The summed E-state index contributed by atoms with van der Waals surface area (Å²) in [4.78, 5) is 25.0. The van der Waals surface area contributed by atoms with Gasteiger partial charge in [0.15, 0.2) is 5.78 Å². The number of aromatic nitrogens is 2. The topological polar surface area (TPSA) is 85.2 Å². The Bertz CT molecular complexity index is 924. The van der Waals surface area contributed by atoms with E-state index in [-0.39, 0.29) is 23.1 Å². The monoisotopic (exact) mass is 396 g/mol. The van der Waals surface area contributed by atoms with Crippen LogP contribution >= 0.6 is 0 Å². The number of nitrogens with one attached hydrogen (secondary N) is 2. The fraction of sp³-hybridized carbons (Fsp3) is 0.500. The number of hydrogen-bond donors (Lipinski definition) is 2. The van der Waals surface area contributed by atoms with Gasteiger partial charge in [0.05, 0.1) is 5.69 Å². The van der Waals surface area contributed by atoms with Gasteiger partial charge in [-0.15, -0.1) is 0 Å². The Labute approximate surface area is 170 Å². The highest BCUT2D eigenvalue weighted by atomic mass is 16.5. The van der Waals surface area contributed by atoms with E-state index in [9.17, 15) is 9.59 Å². The van der Waals surface area contributed by atoms with E-state index >= 15 is 0 Å². The van der Waals surface area contributed by atoms with Crippen LogP contribution in [0.2, 0.25) is 0 Å². The van der Waals surface area contributed by atoms with Gasteiger partial charge in [0.25, 0.3) is 5.91 Å². The summed E-state index contributed by atoms with van der Waals surface area (Å²) >= 11 is 0. The molecule has 1 aromatic carbocycles. The van der Waals surface area contributed by atoms with E-state index in [4.69, 9.17) is 4.74 Å². The molecule has 7 heteroatoms. The predicted molar refractivity (Wildman–Crippen MR) is 110 cm³/mol. The summed E-state index contributed by atoms with van der Waals surface area (Å²) in [6.07, 6.45) is 3.13. The number of ketones is 1. The van der Waals surface area contributed by atoms with E-state index in [1.807, 2.05) is 19.2 Å². The Balaban J connectivity index is 1.51. The first-order valence-electron chi connectivity index (χ1n) is 10.2. The van der Waals surface area contributed by atoms with Crippen LogP contribution in [-0.2, 0) is 18.2 Å². The van der Waals surface area contributed by atoms with Crippen molar-refractivity contribution in [2.45, 2.75) is 45.6 Å². The highest BCUT2D eigenvalue weighted by Gasteiger charge is 2.35. The first-order valence-corrected chi connectivity index (χ1v) is 10.2. The number of carbonyl (C=O) groups is 2. The van der Waals surface area contributed by atoms with Crippen molar-refractivity contribution < 1.29 is 14.3 Å². The maximum Gasteiger partial charge on any atom is 0.265 e. The molecule has 0 saturated carbocycles. The number of hydrogen-bond acceptors (Lipinski definition) is 5. The highest BCUT2D eigenvalue weighted by molar-refractivity contribution is 5.99. The number of Topliss-reactive ketones (excluding diaryl/α,β-unsaturated/α-hetero) is 1. The zero-order valence-corrected chi connectivity index (χ0v) is 17.2. The lowest BCUT2D eigenvalue weighted by Gasteiger charge is -2.28. The SMILES string of the molecule is Cn1nc(-c2ccc(C(=O)NNC3CCOCC3)cc2)c2c1C(=O)CC(C)(C)C2. The van der Waals surface area contributed by atoms with E-state index in [0.29, 0.717) is 17.7 Å². The molecule has 0 spiro atoms. The summed E-state index contributed by atoms with van der Waals surface area (Å²) in [5.41, 5.74) is 9.85. The average Bonchev–Trinajstić information content (AvgIpc) is 3.02. The van der Waals surface area contributed by atoms with Crippen molar-refractivity contribution in [1.29, 1.82) is 0 Å². The maximum absolute atomic E-state index is 12.6. The van der Waals surface area contributed by atoms with Crippen LogP contribution in [0.25, 0.3) is 11.3 Å². The summed E-state index contributed by atoms with van der Waals surface area (Å²) in [5.74, 6) is -0.0184. The Morgan fingerprint density at radius 3 is 2.55 bits per heavy atom. The van der Waals surface area contributed by atoms with Crippen molar-refractivity contribution in [1.82, 2.24) is 20.6 Å². The average molecular weight is 396 g/mol. The van der Waals surface area contributed by atoms with Gasteiger partial charge in [-0.1, -0.05) is 26.0 Å². The quantitative estimate of drug-likeness (QED) is 0.776. The lowest BCUT2D eigenvalue weighted by Crippen LogP contribution is -2.46. The molecule has 0 unspecified atom stereocenters. The Morgan fingerprint density at radius 1 is 1.17 bits per heavy atom. The second-order valence-electron chi connectivity index (χ2n) is 8.80. The molecule has 2 aliphatic rings. The number of fused-ring (bicyclic) bond motifs is 1. The van der Waals surface area contributed by atoms with Crippen molar-refractivity contribution in [2.24, 2.45) is 12.5 Å². The largest absolute Gasteiger partial charge is 0.381 e. The molecule has 7 nitrogen and oxygen atoms in total. The molecule has 1 saturated heterocycles. The minimum absolute atomic E-state index is 0.0719. The molecule has 2 heterocycles. The van der Waals surface area contributed by atoms with Crippen LogP contribution in [0.15, 0.2) is 24.3 Å². The van der Waals surface area contributed by atoms with Gasteiger partial charge in [-0.05, 0) is 36.8 Å². The van der Waals surface area contributed by atoms with Gasteiger partial charge >= 0.3 is 0 Å². The first-order chi connectivity index (χ1) is 13.8. The van der Waals surface area contributed by atoms with Crippen LogP contribution in [0.1, 0.15) is 59.5 Å². The number of carbonyl (C=O) groups excluding carboxylic acids is 2. The smallest absolute Gasteiger partial charge is 0.265 e. The molecule has 0 radical (unpaired) electrons. The molecule has 1 aromatic heterocycles. The number of ether oxygens (including phenoxy) is 1. The van der Waals surface area contributed by atoms with Gasteiger partial charge < -0.3 is 4.74 Å². The fourth-order valence-corrected chi connectivity index (χ4v) is 4.24. The van der Waals surface area contributed by atoms with Gasteiger partial charge in [-0.3, -0.25) is 19.7 Å². The van der Waals surface area contributed by atoms with Crippen LogP contribution in [0, 0.1) is 5.41 Å². The molecular formula is C22H28N4O3. The number of hydrazine groups is 1.